The molecule has 1 N–H and O–H groups in total. The fourth-order valence-electron chi connectivity index (χ4n) is 4.36. The number of benzene rings is 1. The smallest absolute Gasteiger partial charge is 0.385 e. The Hall–Kier alpha value is -2.74. The highest BCUT2D eigenvalue weighted by molar-refractivity contribution is 5.79. The van der Waals surface area contributed by atoms with Gasteiger partial charge in [0.25, 0.3) is 0 Å². The van der Waals surface area contributed by atoms with Gasteiger partial charge in [-0.15, -0.1) is 0 Å². The van der Waals surface area contributed by atoms with Crippen molar-refractivity contribution >= 4 is 16.9 Å². The quantitative estimate of drug-likeness (QED) is 0.414. The summed E-state index contributed by atoms with van der Waals surface area (Å²) in [6, 6.07) is 11.6. The SMILES string of the molecule is C[C@](O)(CC(=O)CCCCc1nc2ccc(C(F)(F)F)nc2n1C1CCC1)c1ccccc1. The third-order valence-corrected chi connectivity index (χ3v) is 6.38. The number of aliphatic hydroxyl groups is 1. The summed E-state index contributed by atoms with van der Waals surface area (Å²) in [5.41, 5.74) is -0.644. The molecule has 0 saturated heterocycles. The minimum Gasteiger partial charge on any atom is -0.385 e. The molecule has 1 atom stereocenters. The number of unbranched alkanes of at least 4 members (excludes halogenated alkanes) is 1. The first-order chi connectivity index (χ1) is 15.6. The molecule has 2 aromatic heterocycles. The third kappa shape index (κ3) is 5.27. The first-order valence-corrected chi connectivity index (χ1v) is 11.4. The number of Topliss-reactive ketones (excluding diaryl/α,β-unsaturated/α-hetero) is 1. The number of carbonyl (C=O) groups is 1. The minimum atomic E-state index is -4.50. The number of aromatic nitrogens is 3. The Morgan fingerprint density at radius 3 is 2.45 bits per heavy atom. The van der Waals surface area contributed by atoms with E-state index in [4.69, 9.17) is 0 Å². The maximum atomic E-state index is 13.2. The number of aryl methyl sites for hydroxylation is 1. The molecule has 0 aliphatic heterocycles. The number of imidazole rings is 1. The van der Waals surface area contributed by atoms with E-state index in [1.807, 2.05) is 22.8 Å². The van der Waals surface area contributed by atoms with E-state index in [0.717, 1.165) is 31.2 Å². The topological polar surface area (TPSA) is 68.0 Å². The Bertz CT molecular complexity index is 1120. The highest BCUT2D eigenvalue weighted by Crippen LogP contribution is 2.37. The summed E-state index contributed by atoms with van der Waals surface area (Å²) in [6.45, 7) is 1.64. The van der Waals surface area contributed by atoms with Gasteiger partial charge in [0.15, 0.2) is 5.65 Å². The number of fused-ring (bicyclic) bond motifs is 1. The predicted octanol–water partition coefficient (Wildman–Crippen LogP) is 5.75. The van der Waals surface area contributed by atoms with Gasteiger partial charge in [0, 0.05) is 25.3 Å². The molecule has 2 heterocycles. The van der Waals surface area contributed by atoms with Gasteiger partial charge in [-0.2, -0.15) is 13.2 Å². The van der Waals surface area contributed by atoms with Gasteiger partial charge in [0.05, 0.1) is 5.60 Å². The molecule has 33 heavy (non-hydrogen) atoms. The molecule has 5 nitrogen and oxygen atoms in total. The zero-order valence-electron chi connectivity index (χ0n) is 18.6. The van der Waals surface area contributed by atoms with Crippen molar-refractivity contribution in [2.45, 2.75) is 76.1 Å². The molecule has 0 amide bonds. The number of ketones is 1. The maximum Gasteiger partial charge on any atom is 0.433 e. The van der Waals surface area contributed by atoms with E-state index in [0.29, 0.717) is 42.4 Å². The average Bonchev–Trinajstić information content (AvgIpc) is 3.07. The summed E-state index contributed by atoms with van der Waals surface area (Å²) in [6.07, 6.45) is 0.609. The summed E-state index contributed by atoms with van der Waals surface area (Å²) < 4.78 is 41.3. The second-order valence-electron chi connectivity index (χ2n) is 9.08. The van der Waals surface area contributed by atoms with E-state index >= 15 is 0 Å². The molecule has 3 aromatic rings. The summed E-state index contributed by atoms with van der Waals surface area (Å²) in [7, 11) is 0. The van der Waals surface area contributed by atoms with Crippen molar-refractivity contribution in [3.63, 3.8) is 0 Å². The van der Waals surface area contributed by atoms with Crippen LogP contribution in [0.15, 0.2) is 42.5 Å². The fourth-order valence-corrected chi connectivity index (χ4v) is 4.36. The van der Waals surface area contributed by atoms with Crippen LogP contribution in [-0.2, 0) is 23.0 Å². The molecular weight excluding hydrogens is 431 g/mol. The second kappa shape index (κ2) is 9.25. The Kier molecular flexibility index (Phi) is 6.56. The highest BCUT2D eigenvalue weighted by atomic mass is 19.4. The lowest BCUT2D eigenvalue weighted by molar-refractivity contribution is -0.141. The van der Waals surface area contributed by atoms with Gasteiger partial charge in [0.1, 0.15) is 22.8 Å². The summed E-state index contributed by atoms with van der Waals surface area (Å²) in [5.74, 6) is 0.707. The number of alkyl halides is 3. The van der Waals surface area contributed by atoms with Crippen LogP contribution in [0.25, 0.3) is 11.2 Å². The zero-order valence-corrected chi connectivity index (χ0v) is 18.6. The number of halogens is 3. The van der Waals surface area contributed by atoms with Gasteiger partial charge in [-0.1, -0.05) is 30.3 Å². The lowest BCUT2D eigenvalue weighted by Crippen LogP contribution is -2.25. The number of hydrogen-bond donors (Lipinski definition) is 1. The number of rotatable bonds is 9. The van der Waals surface area contributed by atoms with E-state index in [1.165, 1.54) is 6.07 Å². The van der Waals surface area contributed by atoms with Gasteiger partial charge in [-0.3, -0.25) is 4.79 Å². The second-order valence-corrected chi connectivity index (χ2v) is 9.08. The van der Waals surface area contributed by atoms with Crippen LogP contribution in [0.2, 0.25) is 0 Å². The largest absolute Gasteiger partial charge is 0.433 e. The van der Waals surface area contributed by atoms with Crippen molar-refractivity contribution in [2.24, 2.45) is 0 Å². The summed E-state index contributed by atoms with van der Waals surface area (Å²) in [5, 5.41) is 10.7. The monoisotopic (exact) mass is 459 g/mol. The Labute approximate surface area is 190 Å². The van der Waals surface area contributed by atoms with E-state index in [1.54, 1.807) is 19.1 Å². The van der Waals surface area contributed by atoms with Gasteiger partial charge in [-0.25, -0.2) is 9.97 Å². The molecule has 0 unspecified atom stereocenters. The Morgan fingerprint density at radius 2 is 1.82 bits per heavy atom. The number of pyridine rings is 1. The van der Waals surface area contributed by atoms with Gasteiger partial charge < -0.3 is 9.67 Å². The van der Waals surface area contributed by atoms with Crippen molar-refractivity contribution in [2.75, 3.05) is 0 Å². The van der Waals surface area contributed by atoms with Crippen molar-refractivity contribution in [3.05, 3.63) is 59.5 Å². The molecule has 1 aliphatic rings. The van der Waals surface area contributed by atoms with Crippen LogP contribution in [0, 0.1) is 0 Å². The third-order valence-electron chi connectivity index (χ3n) is 6.38. The number of hydrogen-bond acceptors (Lipinski definition) is 4. The van der Waals surface area contributed by atoms with Crippen LogP contribution in [0.4, 0.5) is 13.2 Å². The van der Waals surface area contributed by atoms with Crippen molar-refractivity contribution in [1.29, 1.82) is 0 Å². The maximum absolute atomic E-state index is 13.2. The van der Waals surface area contributed by atoms with Crippen LogP contribution in [0.3, 0.4) is 0 Å². The predicted molar refractivity (Wildman–Crippen MR) is 119 cm³/mol. The molecule has 8 heteroatoms. The molecule has 1 aromatic carbocycles. The van der Waals surface area contributed by atoms with Crippen molar-refractivity contribution in [1.82, 2.24) is 14.5 Å². The Morgan fingerprint density at radius 1 is 1.09 bits per heavy atom. The van der Waals surface area contributed by atoms with Crippen LogP contribution < -0.4 is 0 Å². The molecular formula is C25H28F3N3O2. The summed E-state index contributed by atoms with van der Waals surface area (Å²) >= 11 is 0. The molecule has 0 radical (unpaired) electrons. The van der Waals surface area contributed by atoms with Gasteiger partial charge >= 0.3 is 6.18 Å². The molecule has 4 rings (SSSR count). The lowest BCUT2D eigenvalue weighted by Gasteiger charge is -2.29. The van der Waals surface area contributed by atoms with Crippen LogP contribution >= 0.6 is 0 Å². The van der Waals surface area contributed by atoms with Gasteiger partial charge in [0.2, 0.25) is 0 Å². The zero-order chi connectivity index (χ0) is 23.6. The molecule has 0 bridgehead atoms. The molecule has 1 aliphatic carbocycles. The van der Waals surface area contributed by atoms with Gasteiger partial charge in [-0.05, 0) is 56.7 Å². The first-order valence-electron chi connectivity index (χ1n) is 11.4. The lowest BCUT2D eigenvalue weighted by atomic mass is 9.89. The van der Waals surface area contributed by atoms with Crippen molar-refractivity contribution < 1.29 is 23.1 Å². The molecule has 0 spiro atoms. The fraction of sp³-hybridized carbons (Fsp3) is 0.480. The first kappa shape index (κ1) is 23.4. The minimum absolute atomic E-state index is 0.0205. The van der Waals surface area contributed by atoms with Crippen LogP contribution in [0.1, 0.15) is 75.0 Å². The molecule has 1 fully saturated rings. The molecule has 1 saturated carbocycles. The molecule has 176 valence electrons. The van der Waals surface area contributed by atoms with E-state index < -0.39 is 17.5 Å². The van der Waals surface area contributed by atoms with E-state index in [9.17, 15) is 23.1 Å². The normalized spacial score (nSPS) is 16.5. The standard InChI is InChI=1S/C25H28F3N3O2/c1-24(33,17-8-3-2-4-9-17)16-19(32)12-5-6-13-22-29-20-14-15-21(25(26,27)28)30-23(20)31(22)18-10-7-11-18/h2-4,8-9,14-15,18,33H,5-7,10-13,16H2,1H3/t24-/m0/s1. The number of carbonyl (C=O) groups excluding carboxylic acids is 1. The highest BCUT2D eigenvalue weighted by Gasteiger charge is 2.34. The summed E-state index contributed by atoms with van der Waals surface area (Å²) in [4.78, 5) is 20.9. The van der Waals surface area contributed by atoms with E-state index in [2.05, 4.69) is 9.97 Å². The number of nitrogens with zero attached hydrogens (tertiary/aromatic N) is 3. The van der Waals surface area contributed by atoms with E-state index in [-0.39, 0.29) is 18.2 Å². The van der Waals surface area contributed by atoms with Crippen molar-refractivity contribution in [3.8, 4) is 0 Å². The Balaban J connectivity index is 1.39. The average molecular weight is 460 g/mol. The van der Waals surface area contributed by atoms with Crippen LogP contribution in [0.5, 0.6) is 0 Å². The van der Waals surface area contributed by atoms with Crippen LogP contribution in [-0.4, -0.2) is 25.4 Å².